The topological polar surface area (TPSA) is 17.1 Å². The minimum atomic E-state index is 0.975. The first-order chi connectivity index (χ1) is 16.3. The van der Waals surface area contributed by atoms with Crippen molar-refractivity contribution in [3.63, 3.8) is 0 Å². The molecule has 0 saturated heterocycles. The van der Waals surface area contributed by atoms with Crippen LogP contribution in [0.3, 0.4) is 0 Å². The molecule has 0 aliphatic rings. The lowest BCUT2D eigenvalue weighted by molar-refractivity contribution is -0.105. The quantitative estimate of drug-likeness (QED) is 0.0515. The molecule has 0 aromatic rings. The van der Waals surface area contributed by atoms with Gasteiger partial charge >= 0.3 is 0 Å². The highest BCUT2D eigenvalue weighted by atomic mass is 16.1. The van der Waals surface area contributed by atoms with Gasteiger partial charge in [0.25, 0.3) is 0 Å². The number of rotatable bonds is 27. The van der Waals surface area contributed by atoms with Crippen molar-refractivity contribution in [3.05, 3.63) is 23.8 Å². The van der Waals surface area contributed by atoms with Crippen LogP contribution in [-0.2, 0) is 4.79 Å². The summed E-state index contributed by atoms with van der Waals surface area (Å²) in [5.41, 5.74) is 1.04. The molecule has 0 unspecified atom stereocenters. The molecule has 0 heterocycles. The molecular weight excluding hydrogens is 400 g/mol. The van der Waals surface area contributed by atoms with Crippen molar-refractivity contribution in [3.8, 4) is 0 Å². The highest BCUT2D eigenvalue weighted by Crippen LogP contribution is 2.14. The molecule has 33 heavy (non-hydrogen) atoms. The summed E-state index contributed by atoms with van der Waals surface area (Å²) in [7, 11) is 0. The fourth-order valence-corrected chi connectivity index (χ4v) is 4.53. The average molecular weight is 461 g/mol. The predicted molar refractivity (Wildman–Crippen MR) is 150 cm³/mol. The molecule has 0 amide bonds. The third kappa shape index (κ3) is 27.3. The van der Waals surface area contributed by atoms with Gasteiger partial charge in [-0.15, -0.1) is 0 Å². The van der Waals surface area contributed by atoms with Crippen LogP contribution in [-0.4, -0.2) is 6.29 Å². The molecule has 0 aromatic carbocycles. The van der Waals surface area contributed by atoms with Gasteiger partial charge in [0.15, 0.2) is 0 Å². The molecule has 0 aliphatic heterocycles. The van der Waals surface area contributed by atoms with E-state index in [1.54, 1.807) is 0 Å². The fraction of sp³-hybridized carbons (Fsp3) is 0.844. The monoisotopic (exact) mass is 460 g/mol. The molecule has 0 saturated carbocycles. The van der Waals surface area contributed by atoms with Gasteiger partial charge in [-0.3, -0.25) is 4.79 Å². The maximum atomic E-state index is 11.3. The Morgan fingerprint density at radius 3 is 1.24 bits per heavy atom. The van der Waals surface area contributed by atoms with E-state index in [9.17, 15) is 4.79 Å². The van der Waals surface area contributed by atoms with Crippen molar-refractivity contribution in [2.45, 2.75) is 174 Å². The third-order valence-electron chi connectivity index (χ3n) is 6.84. The van der Waals surface area contributed by atoms with Crippen LogP contribution in [0.1, 0.15) is 174 Å². The van der Waals surface area contributed by atoms with Crippen molar-refractivity contribution in [2.24, 2.45) is 0 Å². The lowest BCUT2D eigenvalue weighted by atomic mass is 10.0. The number of unbranched alkanes of at least 4 members (excludes halogenated alkanes) is 21. The molecule has 0 spiro atoms. The fourth-order valence-electron chi connectivity index (χ4n) is 4.53. The number of hydrogen-bond acceptors (Lipinski definition) is 1. The molecule has 0 fully saturated rings. The molecule has 0 bridgehead atoms. The van der Waals surface area contributed by atoms with Crippen LogP contribution in [0.25, 0.3) is 0 Å². The summed E-state index contributed by atoms with van der Waals surface area (Å²) < 4.78 is 0. The zero-order chi connectivity index (χ0) is 24.1. The van der Waals surface area contributed by atoms with Crippen molar-refractivity contribution < 1.29 is 4.79 Å². The number of hydrogen-bond donors (Lipinski definition) is 0. The van der Waals surface area contributed by atoms with Crippen molar-refractivity contribution in [1.29, 1.82) is 0 Å². The van der Waals surface area contributed by atoms with Crippen LogP contribution in [0.2, 0.25) is 0 Å². The van der Waals surface area contributed by atoms with Gasteiger partial charge in [-0.05, 0) is 56.9 Å². The number of carbonyl (C=O) groups is 1. The lowest BCUT2D eigenvalue weighted by Crippen LogP contribution is -1.87. The molecule has 0 aromatic heterocycles. The van der Waals surface area contributed by atoms with Gasteiger partial charge in [0.2, 0.25) is 0 Å². The van der Waals surface area contributed by atoms with Gasteiger partial charge in [-0.25, -0.2) is 0 Å². The first kappa shape index (κ1) is 32.1. The first-order valence-corrected chi connectivity index (χ1v) is 15.1. The zero-order valence-electron chi connectivity index (χ0n) is 22.9. The molecule has 1 nitrogen and oxygen atoms in total. The Balaban J connectivity index is 3.43. The van der Waals surface area contributed by atoms with Crippen LogP contribution >= 0.6 is 0 Å². The van der Waals surface area contributed by atoms with E-state index in [1.165, 1.54) is 141 Å². The second-order valence-corrected chi connectivity index (χ2v) is 10.2. The Bertz CT molecular complexity index is 434. The third-order valence-corrected chi connectivity index (χ3v) is 6.84. The van der Waals surface area contributed by atoms with E-state index in [4.69, 9.17) is 0 Å². The van der Waals surface area contributed by atoms with Crippen molar-refractivity contribution >= 4 is 6.29 Å². The summed E-state index contributed by atoms with van der Waals surface area (Å²) in [6, 6.07) is 0. The second-order valence-electron chi connectivity index (χ2n) is 10.2. The van der Waals surface area contributed by atoms with E-state index in [0.717, 1.165) is 31.1 Å². The maximum absolute atomic E-state index is 11.3. The second kappa shape index (κ2) is 29.2. The van der Waals surface area contributed by atoms with Gasteiger partial charge in [0, 0.05) is 0 Å². The Kier molecular flexibility index (Phi) is 28.4. The van der Waals surface area contributed by atoms with Gasteiger partial charge in [0.1, 0.15) is 6.29 Å². The Morgan fingerprint density at radius 1 is 0.455 bits per heavy atom. The average Bonchev–Trinajstić information content (AvgIpc) is 2.83. The molecule has 0 aliphatic carbocycles. The zero-order valence-corrected chi connectivity index (χ0v) is 22.9. The summed E-state index contributed by atoms with van der Waals surface area (Å²) >= 11 is 0. The minimum Gasteiger partial charge on any atom is -0.298 e. The lowest BCUT2D eigenvalue weighted by Gasteiger charge is -2.03. The van der Waals surface area contributed by atoms with Gasteiger partial charge in [-0.1, -0.05) is 141 Å². The largest absolute Gasteiger partial charge is 0.298 e. The van der Waals surface area contributed by atoms with Crippen molar-refractivity contribution in [1.82, 2.24) is 0 Å². The van der Waals surface area contributed by atoms with E-state index in [2.05, 4.69) is 32.1 Å². The Hall–Kier alpha value is -0.850. The van der Waals surface area contributed by atoms with Gasteiger partial charge in [0.05, 0.1) is 0 Å². The van der Waals surface area contributed by atoms with E-state index < -0.39 is 0 Å². The number of allylic oxidation sites excluding steroid dienone is 4. The maximum Gasteiger partial charge on any atom is 0.145 e. The number of aldehydes is 1. The summed E-state index contributed by atoms with van der Waals surface area (Å²) in [6.07, 6.45) is 41.2. The summed E-state index contributed by atoms with van der Waals surface area (Å²) in [5, 5.41) is 0. The molecule has 0 rings (SSSR count). The van der Waals surface area contributed by atoms with Crippen LogP contribution in [0.15, 0.2) is 23.8 Å². The SMILES string of the molecule is CCCCCCCC/C=C\CCCCC/C(C=O)=C\CCCCCCCCCCCCCC. The van der Waals surface area contributed by atoms with Gasteiger partial charge in [-0.2, -0.15) is 0 Å². The van der Waals surface area contributed by atoms with Crippen LogP contribution in [0, 0.1) is 0 Å². The highest BCUT2D eigenvalue weighted by molar-refractivity contribution is 5.72. The molecular formula is C32H60O. The van der Waals surface area contributed by atoms with Crippen molar-refractivity contribution in [2.75, 3.05) is 0 Å². The van der Waals surface area contributed by atoms with E-state index in [-0.39, 0.29) is 0 Å². The van der Waals surface area contributed by atoms with Crippen LogP contribution in [0.4, 0.5) is 0 Å². The summed E-state index contributed by atoms with van der Waals surface area (Å²) in [4.78, 5) is 11.3. The normalized spacial score (nSPS) is 12.1. The van der Waals surface area contributed by atoms with E-state index in [0.29, 0.717) is 0 Å². The van der Waals surface area contributed by atoms with Crippen LogP contribution in [0.5, 0.6) is 0 Å². The Morgan fingerprint density at radius 2 is 0.818 bits per heavy atom. The molecule has 0 radical (unpaired) electrons. The minimum absolute atomic E-state index is 0.975. The summed E-state index contributed by atoms with van der Waals surface area (Å²) in [5.74, 6) is 0. The summed E-state index contributed by atoms with van der Waals surface area (Å²) in [6.45, 7) is 4.56. The smallest absolute Gasteiger partial charge is 0.145 e. The highest BCUT2D eigenvalue weighted by Gasteiger charge is 1.97. The first-order valence-electron chi connectivity index (χ1n) is 15.1. The standard InChI is InChI=1S/C32H60O/c1-3-5-7-9-11-13-15-17-19-21-23-25-27-29-32(31-33)30-28-26-24-22-20-18-16-14-12-10-8-6-4-2/h17,19,30-31H,3-16,18,20-29H2,1-2H3/b19-17-,32-30+. The van der Waals surface area contributed by atoms with Gasteiger partial charge < -0.3 is 0 Å². The van der Waals surface area contributed by atoms with E-state index in [1.807, 2.05) is 0 Å². The van der Waals surface area contributed by atoms with E-state index >= 15 is 0 Å². The molecule has 0 atom stereocenters. The molecule has 0 N–H and O–H groups in total. The predicted octanol–water partition coefficient (Wildman–Crippen LogP) is 11.5. The number of carbonyl (C=O) groups excluding carboxylic acids is 1. The molecule has 1 heteroatoms. The Labute approximate surface area is 209 Å². The molecule has 194 valence electrons. The van der Waals surface area contributed by atoms with Crippen LogP contribution < -0.4 is 0 Å².